The van der Waals surface area contributed by atoms with Gasteiger partial charge in [-0.2, -0.15) is 0 Å². The Kier molecular flexibility index (Phi) is 6.49. The van der Waals surface area contributed by atoms with Crippen LogP contribution in [0.5, 0.6) is 0 Å². The van der Waals surface area contributed by atoms with Crippen LogP contribution in [0.25, 0.3) is 0 Å². The molecule has 2 N–H and O–H groups in total. The van der Waals surface area contributed by atoms with E-state index in [1.807, 2.05) is 60.8 Å². The van der Waals surface area contributed by atoms with Gasteiger partial charge < -0.3 is 15.1 Å². The number of nitrogens with one attached hydrogen (secondary N) is 2. The van der Waals surface area contributed by atoms with Crippen molar-refractivity contribution < 1.29 is 14.0 Å². The average molecular weight is 450 g/mol. The monoisotopic (exact) mass is 449 g/mol. The first-order valence-electron chi connectivity index (χ1n) is 9.48. The second-order valence-corrected chi connectivity index (χ2v) is 8.69. The van der Waals surface area contributed by atoms with Crippen molar-refractivity contribution in [3.8, 4) is 0 Å². The van der Waals surface area contributed by atoms with Gasteiger partial charge in [-0.25, -0.2) is 4.98 Å². The number of carbonyl (C=O) groups excluding carboxylic acids is 2. The molecule has 31 heavy (non-hydrogen) atoms. The number of nitrogens with zero attached hydrogens (tertiary/aromatic N) is 1. The van der Waals surface area contributed by atoms with Gasteiger partial charge in [-0.15, -0.1) is 23.1 Å². The smallest absolute Gasteiger partial charge is 0.291 e. The van der Waals surface area contributed by atoms with Crippen LogP contribution in [0.4, 0.5) is 10.8 Å². The molecule has 2 heterocycles. The summed E-state index contributed by atoms with van der Waals surface area (Å²) in [4.78, 5) is 30.5. The van der Waals surface area contributed by atoms with Gasteiger partial charge in [0.25, 0.3) is 5.91 Å². The first-order chi connectivity index (χ1) is 15.1. The van der Waals surface area contributed by atoms with Crippen LogP contribution in [-0.2, 0) is 4.79 Å². The van der Waals surface area contributed by atoms with E-state index in [4.69, 9.17) is 4.42 Å². The maximum absolute atomic E-state index is 13.1. The molecule has 1 atom stereocenters. The normalized spacial score (nSPS) is 11.6. The summed E-state index contributed by atoms with van der Waals surface area (Å²) in [5.74, 6) is -0.252. The van der Waals surface area contributed by atoms with Gasteiger partial charge in [0.1, 0.15) is 5.25 Å². The number of anilines is 2. The van der Waals surface area contributed by atoms with Crippen molar-refractivity contribution >= 4 is 45.7 Å². The third-order valence-electron chi connectivity index (χ3n) is 4.28. The number of thioether (sulfide) groups is 1. The van der Waals surface area contributed by atoms with Crippen molar-refractivity contribution in [3.05, 3.63) is 95.4 Å². The third-order valence-corrected chi connectivity index (χ3v) is 6.40. The van der Waals surface area contributed by atoms with Crippen LogP contribution in [0.2, 0.25) is 0 Å². The van der Waals surface area contributed by atoms with Gasteiger partial charge in [0, 0.05) is 16.0 Å². The summed E-state index contributed by atoms with van der Waals surface area (Å²) in [7, 11) is 0. The van der Waals surface area contributed by atoms with Crippen molar-refractivity contribution in [2.45, 2.75) is 17.1 Å². The number of hydrogen-bond donors (Lipinski definition) is 2. The SMILES string of the molecule is Cc1csc(NC(=O)C(Sc2cccc(NC(=O)c3ccco3)c2)c2ccccc2)n1. The minimum absolute atomic E-state index is 0.157. The lowest BCUT2D eigenvalue weighted by atomic mass is 10.1. The predicted molar refractivity (Wildman–Crippen MR) is 124 cm³/mol. The van der Waals surface area contributed by atoms with E-state index in [-0.39, 0.29) is 17.6 Å². The highest BCUT2D eigenvalue weighted by Gasteiger charge is 2.23. The fraction of sp³-hybridized carbons (Fsp3) is 0.0870. The van der Waals surface area contributed by atoms with Gasteiger partial charge >= 0.3 is 0 Å². The Labute approximate surface area is 187 Å². The summed E-state index contributed by atoms with van der Waals surface area (Å²) in [5, 5.41) is 7.71. The van der Waals surface area contributed by atoms with E-state index in [2.05, 4.69) is 15.6 Å². The second kappa shape index (κ2) is 9.63. The third kappa shape index (κ3) is 5.42. The van der Waals surface area contributed by atoms with Crippen molar-refractivity contribution in [1.29, 1.82) is 0 Å². The highest BCUT2D eigenvalue weighted by atomic mass is 32.2. The Morgan fingerprint density at radius 3 is 2.58 bits per heavy atom. The number of thiazole rings is 1. The van der Waals surface area contributed by atoms with Crippen LogP contribution in [0.1, 0.15) is 27.1 Å². The maximum atomic E-state index is 13.1. The number of aromatic nitrogens is 1. The summed E-state index contributed by atoms with van der Waals surface area (Å²) in [6.45, 7) is 1.89. The molecule has 0 saturated heterocycles. The molecule has 0 aliphatic rings. The van der Waals surface area contributed by atoms with E-state index >= 15 is 0 Å². The van der Waals surface area contributed by atoms with Crippen molar-refractivity contribution in [2.24, 2.45) is 0 Å². The number of aryl methyl sites for hydroxylation is 1. The zero-order chi connectivity index (χ0) is 21.6. The van der Waals surface area contributed by atoms with Gasteiger partial charge in [0.2, 0.25) is 5.91 Å². The van der Waals surface area contributed by atoms with Crippen molar-refractivity contribution in [1.82, 2.24) is 4.98 Å². The van der Waals surface area contributed by atoms with Crippen molar-refractivity contribution in [2.75, 3.05) is 10.6 Å². The van der Waals surface area contributed by atoms with E-state index in [1.54, 1.807) is 18.2 Å². The lowest BCUT2D eigenvalue weighted by Gasteiger charge is -2.17. The summed E-state index contributed by atoms with van der Waals surface area (Å²) in [6.07, 6.45) is 1.45. The summed E-state index contributed by atoms with van der Waals surface area (Å²) >= 11 is 2.80. The second-order valence-electron chi connectivity index (χ2n) is 6.65. The van der Waals surface area contributed by atoms with E-state index in [9.17, 15) is 9.59 Å². The lowest BCUT2D eigenvalue weighted by molar-refractivity contribution is -0.115. The zero-order valence-electron chi connectivity index (χ0n) is 16.6. The van der Waals surface area contributed by atoms with Gasteiger partial charge in [0.15, 0.2) is 10.9 Å². The summed E-state index contributed by atoms with van der Waals surface area (Å²) < 4.78 is 5.13. The Morgan fingerprint density at radius 1 is 1.03 bits per heavy atom. The molecule has 1 unspecified atom stereocenters. The molecule has 0 aliphatic heterocycles. The molecule has 8 heteroatoms. The minimum Gasteiger partial charge on any atom is -0.459 e. The Hall–Kier alpha value is -3.36. The van der Waals surface area contributed by atoms with Crippen LogP contribution in [0, 0.1) is 6.92 Å². The molecule has 0 aliphatic carbocycles. The first kappa shape index (κ1) is 20.9. The molecular weight excluding hydrogens is 430 g/mol. The molecular formula is C23H19N3O3S2. The topological polar surface area (TPSA) is 84.2 Å². The van der Waals surface area contributed by atoms with Gasteiger partial charge in [-0.05, 0) is 42.8 Å². The van der Waals surface area contributed by atoms with Crippen LogP contribution in [0.15, 0.2) is 87.7 Å². The zero-order valence-corrected chi connectivity index (χ0v) is 18.2. The standard InChI is InChI=1S/C23H19N3O3S2/c1-15-14-30-23(24-15)26-22(28)20(16-7-3-2-4-8-16)31-18-10-5-9-17(13-18)25-21(27)19-11-6-12-29-19/h2-14,20H,1H3,(H,25,27)(H,24,26,28). The van der Waals surface area contributed by atoms with Crippen LogP contribution < -0.4 is 10.6 Å². The van der Waals surface area contributed by atoms with E-state index in [0.29, 0.717) is 10.8 Å². The highest BCUT2D eigenvalue weighted by molar-refractivity contribution is 8.00. The number of rotatable bonds is 7. The molecule has 0 saturated carbocycles. The van der Waals surface area contributed by atoms with Crippen LogP contribution >= 0.6 is 23.1 Å². The van der Waals surface area contributed by atoms with E-state index < -0.39 is 5.25 Å². The lowest BCUT2D eigenvalue weighted by Crippen LogP contribution is -2.19. The van der Waals surface area contributed by atoms with Gasteiger partial charge in [0.05, 0.1) is 12.0 Å². The van der Waals surface area contributed by atoms with Gasteiger partial charge in [-0.3, -0.25) is 9.59 Å². The molecule has 0 bridgehead atoms. The maximum Gasteiger partial charge on any atom is 0.291 e. The fourth-order valence-electron chi connectivity index (χ4n) is 2.87. The molecule has 0 fully saturated rings. The van der Waals surface area contributed by atoms with Crippen molar-refractivity contribution in [3.63, 3.8) is 0 Å². The average Bonchev–Trinajstić information content (AvgIpc) is 3.45. The molecule has 0 radical (unpaired) electrons. The van der Waals surface area contributed by atoms with Crippen LogP contribution in [0.3, 0.4) is 0 Å². The molecule has 0 spiro atoms. The number of benzene rings is 2. The fourth-order valence-corrected chi connectivity index (χ4v) is 4.64. The number of amides is 2. The summed E-state index contributed by atoms with van der Waals surface area (Å²) in [6, 6.07) is 20.2. The minimum atomic E-state index is -0.485. The molecule has 2 aromatic carbocycles. The predicted octanol–water partition coefficient (Wildman–Crippen LogP) is 5.77. The van der Waals surface area contributed by atoms with E-state index in [0.717, 1.165) is 16.2 Å². The number of hydrogen-bond acceptors (Lipinski definition) is 6. The molecule has 6 nitrogen and oxygen atoms in total. The molecule has 4 aromatic rings. The Balaban J connectivity index is 1.54. The number of furan rings is 1. The molecule has 156 valence electrons. The largest absolute Gasteiger partial charge is 0.459 e. The first-order valence-corrected chi connectivity index (χ1v) is 11.2. The quantitative estimate of drug-likeness (QED) is 0.350. The van der Waals surface area contributed by atoms with Crippen LogP contribution in [-0.4, -0.2) is 16.8 Å². The molecule has 2 amide bonds. The van der Waals surface area contributed by atoms with E-state index in [1.165, 1.54) is 29.4 Å². The highest BCUT2D eigenvalue weighted by Crippen LogP contribution is 2.37. The van der Waals surface area contributed by atoms with Gasteiger partial charge in [-0.1, -0.05) is 36.4 Å². The Morgan fingerprint density at radius 2 is 1.87 bits per heavy atom. The molecule has 2 aromatic heterocycles. The Bertz CT molecular complexity index is 1170. The molecule has 4 rings (SSSR count). The summed E-state index contributed by atoms with van der Waals surface area (Å²) in [5.41, 5.74) is 2.36. The number of carbonyl (C=O) groups is 2.